The molecule has 2 rings (SSSR count). The number of nitrogens with one attached hydrogen (secondary N) is 1. The van der Waals surface area contributed by atoms with E-state index in [2.05, 4.69) is 10.1 Å². The minimum Gasteiger partial charge on any atom is -0.467 e. The Bertz CT molecular complexity index is 675. The fourth-order valence-corrected chi connectivity index (χ4v) is 3.00. The summed E-state index contributed by atoms with van der Waals surface area (Å²) in [5.74, 6) is -2.15. The van der Waals surface area contributed by atoms with Crippen molar-refractivity contribution in [2.24, 2.45) is 5.92 Å². The van der Waals surface area contributed by atoms with Crippen molar-refractivity contribution in [3.63, 3.8) is 0 Å². The third-order valence-corrected chi connectivity index (χ3v) is 4.45. The number of rotatable bonds is 8. The summed E-state index contributed by atoms with van der Waals surface area (Å²) in [4.78, 5) is 24.3. The number of carbonyl (C=O) groups excluding carboxylic acids is 2. The van der Waals surface area contributed by atoms with E-state index < -0.39 is 41.5 Å². The molecule has 1 N–H and O–H groups in total. The van der Waals surface area contributed by atoms with Crippen LogP contribution in [0.2, 0.25) is 0 Å². The Balaban J connectivity index is 2.01. The molecule has 5 nitrogen and oxygen atoms in total. The highest BCUT2D eigenvalue weighted by molar-refractivity contribution is 5.88. The maximum atomic E-state index is 13.2. The first kappa shape index (κ1) is 21.2. The monoisotopic (exact) mass is 387 g/mol. The topological polar surface area (TPSA) is 64.6 Å². The molecule has 0 aliphatic heterocycles. The van der Waals surface area contributed by atoms with E-state index in [0.29, 0.717) is 6.42 Å². The predicted molar refractivity (Wildman–Crippen MR) is 91.9 cm³/mol. The number of carbonyl (C=O) groups is 2. The van der Waals surface area contributed by atoms with Gasteiger partial charge < -0.3 is 14.8 Å². The van der Waals surface area contributed by atoms with Crippen LogP contribution in [-0.2, 0) is 25.2 Å². The first-order valence-electron chi connectivity index (χ1n) is 8.81. The minimum atomic E-state index is -4.47. The summed E-state index contributed by atoms with van der Waals surface area (Å²) in [7, 11) is 1.21. The first-order chi connectivity index (χ1) is 12.6. The Morgan fingerprint density at radius 2 is 1.93 bits per heavy atom. The van der Waals surface area contributed by atoms with Crippen molar-refractivity contribution in [3.8, 4) is 0 Å². The molecule has 1 aliphatic carbocycles. The SMILES string of the molecule is COC(=O)[C@H](CCOC(C)C)NC(=O)[C@H]1C[C@H]1c1ccccc1C(F)(F)F. The van der Waals surface area contributed by atoms with Crippen molar-refractivity contribution in [2.75, 3.05) is 13.7 Å². The molecule has 0 unspecified atom stereocenters. The predicted octanol–water partition coefficient (Wildman–Crippen LogP) is 3.28. The Hall–Kier alpha value is -2.09. The normalized spacial score (nSPS) is 20.3. The average Bonchev–Trinajstić information content (AvgIpc) is 3.40. The zero-order valence-corrected chi connectivity index (χ0v) is 15.5. The lowest BCUT2D eigenvalue weighted by atomic mass is 10.0. The smallest absolute Gasteiger partial charge is 0.416 e. The van der Waals surface area contributed by atoms with Gasteiger partial charge in [0, 0.05) is 18.9 Å². The van der Waals surface area contributed by atoms with Crippen LogP contribution in [0.5, 0.6) is 0 Å². The van der Waals surface area contributed by atoms with Gasteiger partial charge in [0.2, 0.25) is 5.91 Å². The van der Waals surface area contributed by atoms with Gasteiger partial charge in [0.25, 0.3) is 0 Å². The summed E-state index contributed by atoms with van der Waals surface area (Å²) in [6.07, 6.45) is -3.95. The molecule has 8 heteroatoms. The van der Waals surface area contributed by atoms with Gasteiger partial charge in [0.05, 0.1) is 18.8 Å². The minimum absolute atomic E-state index is 0.0225. The molecule has 0 saturated heterocycles. The summed E-state index contributed by atoms with van der Waals surface area (Å²) in [6, 6.07) is 4.38. The van der Waals surface area contributed by atoms with Gasteiger partial charge in [-0.25, -0.2) is 4.79 Å². The number of methoxy groups -OCH3 is 1. The maximum Gasteiger partial charge on any atom is 0.416 e. The van der Waals surface area contributed by atoms with Gasteiger partial charge in [-0.05, 0) is 37.8 Å². The third-order valence-electron chi connectivity index (χ3n) is 4.45. The van der Waals surface area contributed by atoms with Crippen LogP contribution in [0.1, 0.15) is 43.7 Å². The standard InChI is InChI=1S/C19H24F3NO4/c1-11(2)27-9-8-16(18(25)26-3)23-17(24)14-10-13(14)12-6-4-5-7-15(12)19(20,21)22/h4-7,11,13-14,16H,8-10H2,1-3H3,(H,23,24)/t13-,14-,16-/m0/s1. The van der Waals surface area contributed by atoms with E-state index >= 15 is 0 Å². The number of alkyl halides is 3. The molecule has 0 aromatic heterocycles. The molecular weight excluding hydrogens is 363 g/mol. The van der Waals surface area contributed by atoms with E-state index in [1.165, 1.54) is 25.3 Å². The summed E-state index contributed by atoms with van der Waals surface area (Å²) in [5, 5.41) is 2.59. The molecule has 0 heterocycles. The van der Waals surface area contributed by atoms with E-state index in [4.69, 9.17) is 4.74 Å². The second-order valence-electron chi connectivity index (χ2n) is 6.83. The molecular formula is C19H24F3NO4. The number of hydrogen-bond donors (Lipinski definition) is 1. The largest absolute Gasteiger partial charge is 0.467 e. The molecule has 1 aromatic rings. The van der Waals surface area contributed by atoms with Crippen LogP contribution in [0.15, 0.2) is 24.3 Å². The Morgan fingerprint density at radius 1 is 1.26 bits per heavy atom. The van der Waals surface area contributed by atoms with Crippen molar-refractivity contribution in [2.45, 2.75) is 50.9 Å². The van der Waals surface area contributed by atoms with E-state index in [1.807, 2.05) is 13.8 Å². The van der Waals surface area contributed by atoms with Crippen LogP contribution in [0.3, 0.4) is 0 Å². The third kappa shape index (κ3) is 5.69. The fourth-order valence-electron chi connectivity index (χ4n) is 3.00. The van der Waals surface area contributed by atoms with Gasteiger partial charge in [0.1, 0.15) is 6.04 Å². The number of esters is 1. The van der Waals surface area contributed by atoms with Crippen LogP contribution in [0.25, 0.3) is 0 Å². The van der Waals surface area contributed by atoms with Gasteiger partial charge in [-0.15, -0.1) is 0 Å². The van der Waals surface area contributed by atoms with E-state index in [-0.39, 0.29) is 24.7 Å². The van der Waals surface area contributed by atoms with Crippen molar-refractivity contribution in [3.05, 3.63) is 35.4 Å². The highest BCUT2D eigenvalue weighted by Crippen LogP contribution is 2.51. The van der Waals surface area contributed by atoms with Crippen molar-refractivity contribution < 1.29 is 32.2 Å². The Kier molecular flexibility index (Phi) is 6.86. The van der Waals surface area contributed by atoms with Crippen LogP contribution >= 0.6 is 0 Å². The van der Waals surface area contributed by atoms with Crippen molar-refractivity contribution in [1.82, 2.24) is 5.32 Å². The Morgan fingerprint density at radius 3 is 2.52 bits per heavy atom. The first-order valence-corrected chi connectivity index (χ1v) is 8.81. The molecule has 1 aromatic carbocycles. The van der Waals surface area contributed by atoms with E-state index in [1.54, 1.807) is 0 Å². The lowest BCUT2D eigenvalue weighted by molar-refractivity contribution is -0.146. The molecule has 1 saturated carbocycles. The van der Waals surface area contributed by atoms with E-state index in [0.717, 1.165) is 6.07 Å². The molecule has 3 atom stereocenters. The lowest BCUT2D eigenvalue weighted by Gasteiger charge is -2.18. The molecule has 0 radical (unpaired) electrons. The number of halogens is 3. The fraction of sp³-hybridized carbons (Fsp3) is 0.579. The van der Waals surface area contributed by atoms with Gasteiger partial charge in [-0.3, -0.25) is 4.79 Å². The van der Waals surface area contributed by atoms with Gasteiger partial charge in [0.15, 0.2) is 0 Å². The summed E-state index contributed by atoms with van der Waals surface area (Å²) >= 11 is 0. The molecule has 150 valence electrons. The van der Waals surface area contributed by atoms with Crippen molar-refractivity contribution >= 4 is 11.9 Å². The van der Waals surface area contributed by atoms with Crippen LogP contribution in [-0.4, -0.2) is 37.7 Å². The average molecular weight is 387 g/mol. The second-order valence-corrected chi connectivity index (χ2v) is 6.83. The molecule has 27 heavy (non-hydrogen) atoms. The van der Waals surface area contributed by atoms with Gasteiger partial charge in [-0.1, -0.05) is 18.2 Å². The second kappa shape index (κ2) is 8.73. The summed E-state index contributed by atoms with van der Waals surface area (Å²) in [6.45, 7) is 3.94. The zero-order valence-electron chi connectivity index (χ0n) is 15.5. The van der Waals surface area contributed by atoms with Crippen molar-refractivity contribution in [1.29, 1.82) is 0 Å². The molecule has 1 fully saturated rings. The number of amides is 1. The lowest BCUT2D eigenvalue weighted by Crippen LogP contribution is -2.43. The van der Waals surface area contributed by atoms with Gasteiger partial charge in [-0.2, -0.15) is 13.2 Å². The Labute approximate surface area is 156 Å². The summed E-state index contributed by atoms with van der Waals surface area (Å²) < 4.78 is 49.5. The van der Waals surface area contributed by atoms with Gasteiger partial charge >= 0.3 is 12.1 Å². The van der Waals surface area contributed by atoms with Crippen LogP contribution in [0.4, 0.5) is 13.2 Å². The highest BCUT2D eigenvalue weighted by atomic mass is 19.4. The molecule has 1 amide bonds. The van der Waals surface area contributed by atoms with Crippen LogP contribution < -0.4 is 5.32 Å². The number of ether oxygens (including phenoxy) is 2. The summed E-state index contributed by atoms with van der Waals surface area (Å²) in [5.41, 5.74) is -0.608. The zero-order chi connectivity index (χ0) is 20.2. The van der Waals surface area contributed by atoms with Crippen LogP contribution in [0, 0.1) is 5.92 Å². The molecule has 1 aliphatic rings. The molecule has 0 bridgehead atoms. The quantitative estimate of drug-likeness (QED) is 0.696. The number of hydrogen-bond acceptors (Lipinski definition) is 4. The molecule has 0 spiro atoms. The number of benzene rings is 1. The highest BCUT2D eigenvalue weighted by Gasteiger charge is 2.48. The maximum absolute atomic E-state index is 13.2. The van der Waals surface area contributed by atoms with E-state index in [9.17, 15) is 22.8 Å².